The van der Waals surface area contributed by atoms with Crippen LogP contribution in [0.25, 0.3) is 0 Å². The van der Waals surface area contributed by atoms with Gasteiger partial charge in [-0.25, -0.2) is 0 Å². The predicted molar refractivity (Wildman–Crippen MR) is 93.2 cm³/mol. The Morgan fingerprint density at radius 2 is 1.56 bits per heavy atom. The molecule has 2 fully saturated rings. The minimum atomic E-state index is -1.15. The normalized spacial score (nSPS) is 44.3. The van der Waals surface area contributed by atoms with Crippen molar-refractivity contribution in [1.82, 2.24) is 0 Å². The summed E-state index contributed by atoms with van der Waals surface area (Å²) >= 11 is 1.47. The molecule has 1 N–H and O–H groups in total. The van der Waals surface area contributed by atoms with Crippen molar-refractivity contribution in [1.29, 1.82) is 0 Å². The highest BCUT2D eigenvalue weighted by atomic mass is 32.2. The Balaban J connectivity index is 1.82. The molecule has 7 heteroatoms. The Bertz CT molecular complexity index is 586. The van der Waals surface area contributed by atoms with Crippen LogP contribution < -0.4 is 0 Å². The summed E-state index contributed by atoms with van der Waals surface area (Å²) in [7, 11) is 3.08. The van der Waals surface area contributed by atoms with Crippen molar-refractivity contribution in [2.45, 2.75) is 67.1 Å². The quantitative estimate of drug-likeness (QED) is 0.873. The summed E-state index contributed by atoms with van der Waals surface area (Å²) in [5.74, 6) is -2.26. The zero-order chi connectivity index (χ0) is 18.2. The van der Waals surface area contributed by atoms with Crippen molar-refractivity contribution < 1.29 is 28.8 Å². The third kappa shape index (κ3) is 3.35. The second-order valence-electron chi connectivity index (χ2n) is 6.60. The lowest BCUT2D eigenvalue weighted by Gasteiger charge is -2.56. The van der Waals surface area contributed by atoms with E-state index in [4.69, 9.17) is 23.7 Å². The van der Waals surface area contributed by atoms with Gasteiger partial charge in [0.1, 0.15) is 23.7 Å². The molecule has 1 aromatic carbocycles. The lowest BCUT2D eigenvalue weighted by molar-refractivity contribution is -0.468. The number of hydrogen-bond acceptors (Lipinski definition) is 7. The van der Waals surface area contributed by atoms with Gasteiger partial charge in [-0.05, 0) is 32.9 Å². The zero-order valence-electron chi connectivity index (χ0n) is 15.2. The van der Waals surface area contributed by atoms with E-state index < -0.39 is 35.3 Å². The molecule has 0 aromatic heterocycles. The van der Waals surface area contributed by atoms with Crippen molar-refractivity contribution >= 4 is 11.8 Å². The second-order valence-corrected chi connectivity index (χ2v) is 7.77. The number of ether oxygens (including phenoxy) is 5. The van der Waals surface area contributed by atoms with Crippen LogP contribution in [0.1, 0.15) is 20.8 Å². The van der Waals surface area contributed by atoms with Gasteiger partial charge in [-0.15, -0.1) is 0 Å². The van der Waals surface area contributed by atoms with Crippen molar-refractivity contribution in [3.8, 4) is 0 Å². The Labute approximate surface area is 152 Å². The van der Waals surface area contributed by atoms with E-state index in [2.05, 4.69) is 0 Å². The van der Waals surface area contributed by atoms with Gasteiger partial charge in [0.15, 0.2) is 0 Å². The van der Waals surface area contributed by atoms with E-state index in [-0.39, 0.29) is 6.10 Å². The average molecular weight is 370 g/mol. The van der Waals surface area contributed by atoms with Gasteiger partial charge >= 0.3 is 0 Å². The Morgan fingerprint density at radius 3 is 2.12 bits per heavy atom. The van der Waals surface area contributed by atoms with Crippen LogP contribution in [0.15, 0.2) is 35.2 Å². The number of aliphatic hydroxyl groups is 1. The van der Waals surface area contributed by atoms with Crippen LogP contribution in [0.5, 0.6) is 0 Å². The van der Waals surface area contributed by atoms with Gasteiger partial charge in [0.2, 0.25) is 11.6 Å². The van der Waals surface area contributed by atoms with E-state index in [1.807, 2.05) is 37.3 Å². The van der Waals surface area contributed by atoms with Gasteiger partial charge in [0, 0.05) is 19.1 Å². The molecule has 25 heavy (non-hydrogen) atoms. The highest BCUT2D eigenvalue weighted by Gasteiger charge is 2.61. The summed E-state index contributed by atoms with van der Waals surface area (Å²) in [4.78, 5) is 1.02. The number of hydrogen-bond donors (Lipinski definition) is 1. The largest absolute Gasteiger partial charge is 0.387 e. The maximum atomic E-state index is 10.9. The standard InChI is InChI=1S/C18H26O6S/c1-11-14-15(24-18(3,21-5)17(2,20-4)23-14)13(19)16(22-11)25-12-9-7-6-8-10-12/h6-11,13-16,19H,1-5H3/t11-,13+,14-,15-,16+,17+,18+/m0/s1. The van der Waals surface area contributed by atoms with E-state index in [0.29, 0.717) is 0 Å². The van der Waals surface area contributed by atoms with Crippen LogP contribution in [-0.4, -0.2) is 60.8 Å². The number of thioether (sulfide) groups is 1. The van der Waals surface area contributed by atoms with E-state index >= 15 is 0 Å². The molecule has 6 nitrogen and oxygen atoms in total. The number of aliphatic hydroxyl groups excluding tert-OH is 1. The molecule has 0 bridgehead atoms. The second kappa shape index (κ2) is 7.15. The monoisotopic (exact) mass is 370 g/mol. The molecule has 1 aromatic rings. The summed E-state index contributed by atoms with van der Waals surface area (Å²) in [6.45, 7) is 5.42. The van der Waals surface area contributed by atoms with Crippen LogP contribution in [0, 0.1) is 0 Å². The Kier molecular flexibility index (Phi) is 5.46. The maximum absolute atomic E-state index is 10.9. The van der Waals surface area contributed by atoms with Gasteiger partial charge < -0.3 is 28.8 Å². The third-order valence-electron chi connectivity index (χ3n) is 5.07. The maximum Gasteiger partial charge on any atom is 0.220 e. The summed E-state index contributed by atoms with van der Waals surface area (Å²) in [5.41, 5.74) is -0.463. The summed E-state index contributed by atoms with van der Waals surface area (Å²) in [5, 5.41) is 10.9. The number of fused-ring (bicyclic) bond motifs is 1. The SMILES string of the molecule is CO[C@]1(C)O[C@@H]2[C@@H](O[C@@]1(C)OC)[C@@H](O)[C@@H](Sc1ccccc1)O[C@H]2C. The first-order valence-corrected chi connectivity index (χ1v) is 9.22. The zero-order valence-corrected chi connectivity index (χ0v) is 16.0. The van der Waals surface area contributed by atoms with Gasteiger partial charge in [-0.2, -0.15) is 0 Å². The van der Waals surface area contributed by atoms with E-state index in [1.54, 1.807) is 21.0 Å². The molecule has 7 atom stereocenters. The number of benzene rings is 1. The number of methoxy groups -OCH3 is 2. The smallest absolute Gasteiger partial charge is 0.220 e. The number of rotatable bonds is 4. The molecule has 140 valence electrons. The average Bonchev–Trinajstić information content (AvgIpc) is 2.62. The Hall–Kier alpha value is -0.670. The molecular formula is C18H26O6S. The predicted octanol–water partition coefficient (Wildman–Crippen LogP) is 2.39. The molecule has 0 spiro atoms. The molecule has 0 amide bonds. The third-order valence-corrected chi connectivity index (χ3v) is 6.24. The van der Waals surface area contributed by atoms with Crippen LogP contribution in [0.3, 0.4) is 0 Å². The van der Waals surface area contributed by atoms with Gasteiger partial charge in [-0.1, -0.05) is 30.0 Å². The van der Waals surface area contributed by atoms with E-state index in [9.17, 15) is 5.11 Å². The summed E-state index contributed by atoms with van der Waals surface area (Å²) in [6, 6.07) is 9.83. The fraction of sp³-hybridized carbons (Fsp3) is 0.667. The minimum Gasteiger partial charge on any atom is -0.387 e. The molecule has 0 saturated carbocycles. The summed E-state index contributed by atoms with van der Waals surface area (Å²) < 4.78 is 29.4. The minimum absolute atomic E-state index is 0.273. The molecule has 2 saturated heterocycles. The van der Waals surface area contributed by atoms with Gasteiger partial charge in [0.25, 0.3) is 0 Å². The molecular weight excluding hydrogens is 344 g/mol. The van der Waals surface area contributed by atoms with Gasteiger partial charge in [-0.3, -0.25) is 0 Å². The van der Waals surface area contributed by atoms with Crippen LogP contribution >= 0.6 is 11.8 Å². The first kappa shape index (κ1) is 19.1. The van der Waals surface area contributed by atoms with Crippen LogP contribution in [0.4, 0.5) is 0 Å². The van der Waals surface area contributed by atoms with E-state index in [1.165, 1.54) is 18.9 Å². The lowest BCUT2D eigenvalue weighted by Crippen LogP contribution is -2.71. The van der Waals surface area contributed by atoms with E-state index in [0.717, 1.165) is 4.90 Å². The first-order chi connectivity index (χ1) is 11.8. The molecule has 0 radical (unpaired) electrons. The fourth-order valence-corrected chi connectivity index (χ4v) is 4.32. The molecule has 0 unspecified atom stereocenters. The summed E-state index contributed by atoms with van der Waals surface area (Å²) in [6.07, 6.45) is -2.19. The van der Waals surface area contributed by atoms with Crippen LogP contribution in [-0.2, 0) is 23.7 Å². The van der Waals surface area contributed by atoms with Crippen molar-refractivity contribution in [2.24, 2.45) is 0 Å². The molecule has 2 heterocycles. The fourth-order valence-electron chi connectivity index (χ4n) is 3.22. The highest BCUT2D eigenvalue weighted by molar-refractivity contribution is 7.99. The Morgan fingerprint density at radius 1 is 1.00 bits per heavy atom. The van der Waals surface area contributed by atoms with Crippen molar-refractivity contribution in [3.63, 3.8) is 0 Å². The van der Waals surface area contributed by atoms with Crippen LogP contribution in [0.2, 0.25) is 0 Å². The first-order valence-electron chi connectivity index (χ1n) is 8.35. The molecule has 2 aliphatic heterocycles. The lowest BCUT2D eigenvalue weighted by atomic mass is 9.95. The molecule has 0 aliphatic carbocycles. The van der Waals surface area contributed by atoms with Crippen molar-refractivity contribution in [3.05, 3.63) is 30.3 Å². The highest BCUT2D eigenvalue weighted by Crippen LogP contribution is 2.45. The molecule has 3 rings (SSSR count). The van der Waals surface area contributed by atoms with Crippen molar-refractivity contribution in [2.75, 3.05) is 14.2 Å². The molecule has 2 aliphatic rings. The topological polar surface area (TPSA) is 66.4 Å². The van der Waals surface area contributed by atoms with Gasteiger partial charge in [0.05, 0.1) is 6.10 Å².